The van der Waals surface area contributed by atoms with Crippen LogP contribution in [0.5, 0.6) is 0 Å². The number of nitrogens with zero attached hydrogens (tertiary/aromatic N) is 1. The van der Waals surface area contributed by atoms with Crippen molar-refractivity contribution in [2.75, 3.05) is 18.4 Å². The van der Waals surface area contributed by atoms with E-state index >= 15 is 0 Å². The second kappa shape index (κ2) is 7.68. The van der Waals surface area contributed by atoms with E-state index in [1.165, 1.54) is 25.7 Å². The predicted molar refractivity (Wildman–Crippen MR) is 102 cm³/mol. The van der Waals surface area contributed by atoms with E-state index in [1.54, 1.807) is 24.3 Å². The van der Waals surface area contributed by atoms with Crippen LogP contribution in [-0.4, -0.2) is 35.6 Å². The van der Waals surface area contributed by atoms with Crippen molar-refractivity contribution in [3.05, 3.63) is 29.8 Å². The Kier molecular flexibility index (Phi) is 5.54. The van der Waals surface area contributed by atoms with Gasteiger partial charge < -0.3 is 9.64 Å². The maximum absolute atomic E-state index is 12.8. The van der Waals surface area contributed by atoms with Crippen molar-refractivity contribution < 1.29 is 14.3 Å². The lowest BCUT2D eigenvalue weighted by molar-refractivity contribution is 0.0520. The summed E-state index contributed by atoms with van der Waals surface area (Å²) < 4.78 is 5.24. The minimum absolute atomic E-state index is 0.0952. The summed E-state index contributed by atoms with van der Waals surface area (Å²) in [5, 5.41) is 2.70. The highest BCUT2D eigenvalue weighted by Crippen LogP contribution is 2.36. The smallest absolute Gasteiger partial charge is 0.412 e. The fourth-order valence-electron chi connectivity index (χ4n) is 4.09. The molecule has 1 aromatic rings. The largest absolute Gasteiger partial charge is 0.444 e. The molecule has 5 heteroatoms. The van der Waals surface area contributed by atoms with Crippen LogP contribution in [0.1, 0.15) is 63.2 Å². The van der Waals surface area contributed by atoms with Gasteiger partial charge in [0.05, 0.1) is 0 Å². The normalized spacial score (nSPS) is 23.1. The molecule has 1 N–H and O–H groups in total. The summed E-state index contributed by atoms with van der Waals surface area (Å²) in [5.74, 6) is 1.58. The van der Waals surface area contributed by atoms with Crippen LogP contribution in [0, 0.1) is 11.8 Å². The third-order valence-corrected chi connectivity index (χ3v) is 5.36. The molecule has 0 unspecified atom stereocenters. The van der Waals surface area contributed by atoms with Crippen LogP contribution in [0.25, 0.3) is 0 Å². The predicted octanol–water partition coefficient (Wildman–Crippen LogP) is 4.69. The summed E-state index contributed by atoms with van der Waals surface area (Å²) in [6, 6.07) is 7.07. The second-order valence-electron chi connectivity index (χ2n) is 8.55. The molecule has 142 valence electrons. The monoisotopic (exact) mass is 358 g/mol. The molecule has 3 rings (SSSR count). The first-order valence-corrected chi connectivity index (χ1v) is 9.71. The molecule has 1 aliphatic carbocycles. The highest BCUT2D eigenvalue weighted by atomic mass is 16.6. The average Bonchev–Trinajstić information content (AvgIpc) is 2.59. The van der Waals surface area contributed by atoms with Crippen LogP contribution >= 0.6 is 0 Å². The van der Waals surface area contributed by atoms with Crippen LogP contribution < -0.4 is 5.32 Å². The summed E-state index contributed by atoms with van der Waals surface area (Å²) in [5.41, 5.74) is 0.765. The average molecular weight is 358 g/mol. The van der Waals surface area contributed by atoms with E-state index in [9.17, 15) is 9.59 Å². The van der Waals surface area contributed by atoms with Gasteiger partial charge in [-0.3, -0.25) is 10.1 Å². The number of carbonyl (C=O) groups excluding carboxylic acids is 2. The van der Waals surface area contributed by atoms with E-state index in [4.69, 9.17) is 4.74 Å². The zero-order valence-corrected chi connectivity index (χ0v) is 16.1. The Morgan fingerprint density at radius 2 is 1.69 bits per heavy atom. The van der Waals surface area contributed by atoms with Gasteiger partial charge in [0.25, 0.3) is 5.91 Å². The second-order valence-corrected chi connectivity index (χ2v) is 8.55. The van der Waals surface area contributed by atoms with E-state index in [1.807, 2.05) is 25.7 Å². The topological polar surface area (TPSA) is 58.6 Å². The van der Waals surface area contributed by atoms with Crippen LogP contribution in [0.2, 0.25) is 0 Å². The summed E-state index contributed by atoms with van der Waals surface area (Å²) in [6.45, 7) is 7.22. The molecule has 1 aliphatic heterocycles. The lowest BCUT2D eigenvalue weighted by Gasteiger charge is -2.41. The molecule has 2 aliphatic rings. The molecule has 2 atom stereocenters. The number of rotatable bonds is 2. The van der Waals surface area contributed by atoms with Gasteiger partial charge in [0.2, 0.25) is 0 Å². The van der Waals surface area contributed by atoms with Crippen molar-refractivity contribution in [2.45, 2.75) is 58.5 Å². The van der Waals surface area contributed by atoms with Gasteiger partial charge in [-0.15, -0.1) is 0 Å². The van der Waals surface area contributed by atoms with Gasteiger partial charge >= 0.3 is 6.09 Å². The first kappa shape index (κ1) is 18.7. The molecule has 1 heterocycles. The molecule has 1 aromatic carbocycles. The molecular weight excluding hydrogens is 328 g/mol. The number of fused-ring (bicyclic) bond motifs is 1. The van der Waals surface area contributed by atoms with E-state index in [0.717, 1.165) is 25.4 Å². The highest BCUT2D eigenvalue weighted by Gasteiger charge is 2.33. The number of likely N-dealkylation sites (tertiary alicyclic amines) is 1. The molecule has 2 amide bonds. The summed E-state index contributed by atoms with van der Waals surface area (Å²) in [6.07, 6.45) is 5.88. The zero-order chi connectivity index (χ0) is 18.7. The van der Waals surface area contributed by atoms with Crippen LogP contribution in [0.15, 0.2) is 24.3 Å². The Labute approximate surface area is 156 Å². The molecule has 26 heavy (non-hydrogen) atoms. The van der Waals surface area contributed by atoms with Crippen molar-refractivity contribution in [2.24, 2.45) is 11.8 Å². The molecule has 0 aromatic heterocycles. The van der Waals surface area contributed by atoms with Crippen molar-refractivity contribution in [1.82, 2.24) is 4.90 Å². The van der Waals surface area contributed by atoms with Crippen molar-refractivity contribution in [1.29, 1.82) is 0 Å². The van der Waals surface area contributed by atoms with Gasteiger partial charge in [-0.1, -0.05) is 19.3 Å². The number of amides is 2. The molecule has 1 saturated heterocycles. The molecule has 2 fully saturated rings. The summed E-state index contributed by atoms with van der Waals surface area (Å²) in [4.78, 5) is 26.6. The number of ether oxygens (including phenoxy) is 1. The number of anilines is 1. The third-order valence-electron chi connectivity index (χ3n) is 5.36. The Balaban J connectivity index is 1.58. The molecule has 5 nitrogen and oxygen atoms in total. The van der Waals surface area contributed by atoms with Gasteiger partial charge in [0.15, 0.2) is 0 Å². The number of piperidine rings is 1. The molecular formula is C21H30N2O3. The first-order valence-electron chi connectivity index (χ1n) is 9.71. The molecule has 0 radical (unpaired) electrons. The van der Waals surface area contributed by atoms with Crippen molar-refractivity contribution in [3.8, 4) is 0 Å². The summed E-state index contributed by atoms with van der Waals surface area (Å²) in [7, 11) is 0. The molecule has 0 bridgehead atoms. The van der Waals surface area contributed by atoms with E-state index < -0.39 is 11.7 Å². The van der Waals surface area contributed by atoms with E-state index in [-0.39, 0.29) is 5.91 Å². The van der Waals surface area contributed by atoms with Gasteiger partial charge in [-0.05, 0) is 69.7 Å². The van der Waals surface area contributed by atoms with Crippen LogP contribution in [0.4, 0.5) is 10.5 Å². The first-order chi connectivity index (χ1) is 12.3. The van der Waals surface area contributed by atoms with Crippen molar-refractivity contribution in [3.63, 3.8) is 0 Å². The summed E-state index contributed by atoms with van der Waals surface area (Å²) >= 11 is 0. The minimum atomic E-state index is -0.536. The van der Waals surface area contributed by atoms with Crippen LogP contribution in [-0.2, 0) is 4.74 Å². The Morgan fingerprint density at radius 1 is 1.04 bits per heavy atom. The quantitative estimate of drug-likeness (QED) is 0.834. The standard InChI is InChI=1S/C21H30N2O3/c1-21(2,3)26-20(25)22-18-10-8-16(9-11-18)19(24)23-13-12-15-6-4-5-7-17(15)14-23/h8-11,15,17H,4-7,12-14H2,1-3H3,(H,22,25)/t15-,17-/m0/s1. The fraction of sp³-hybridized carbons (Fsp3) is 0.619. The van der Waals surface area contributed by atoms with Gasteiger partial charge in [-0.25, -0.2) is 4.79 Å². The highest BCUT2D eigenvalue weighted by molar-refractivity contribution is 5.95. The lowest BCUT2D eigenvalue weighted by Crippen LogP contribution is -2.44. The maximum Gasteiger partial charge on any atom is 0.412 e. The SMILES string of the molecule is CC(C)(C)OC(=O)Nc1ccc(C(=O)N2CC[C@@H]3CCCC[C@H]3C2)cc1. The van der Waals surface area contributed by atoms with E-state index in [2.05, 4.69) is 5.32 Å². The van der Waals surface area contributed by atoms with Gasteiger partial charge in [0, 0.05) is 24.3 Å². The minimum Gasteiger partial charge on any atom is -0.444 e. The molecule has 0 spiro atoms. The lowest BCUT2D eigenvalue weighted by atomic mass is 9.75. The van der Waals surface area contributed by atoms with E-state index in [0.29, 0.717) is 17.2 Å². The Bertz CT molecular complexity index is 648. The molecule has 1 saturated carbocycles. The zero-order valence-electron chi connectivity index (χ0n) is 16.1. The Hall–Kier alpha value is -2.04. The third kappa shape index (κ3) is 4.77. The van der Waals surface area contributed by atoms with Crippen LogP contribution in [0.3, 0.4) is 0 Å². The number of carbonyl (C=O) groups is 2. The van der Waals surface area contributed by atoms with Gasteiger partial charge in [-0.2, -0.15) is 0 Å². The van der Waals surface area contributed by atoms with Crippen molar-refractivity contribution >= 4 is 17.7 Å². The fourth-order valence-corrected chi connectivity index (χ4v) is 4.09. The number of hydrogen-bond donors (Lipinski definition) is 1. The number of hydrogen-bond acceptors (Lipinski definition) is 3. The van der Waals surface area contributed by atoms with Gasteiger partial charge in [0.1, 0.15) is 5.60 Å². The Morgan fingerprint density at radius 3 is 2.35 bits per heavy atom. The number of benzene rings is 1. The number of nitrogens with one attached hydrogen (secondary N) is 1. The maximum atomic E-state index is 12.8.